The van der Waals surface area contributed by atoms with Crippen molar-refractivity contribution in [2.24, 2.45) is 0 Å². The molecule has 7 nitrogen and oxygen atoms in total. The zero-order chi connectivity index (χ0) is 20.0. The Bertz CT molecular complexity index is 963. The number of nitrogens with one attached hydrogen (secondary N) is 1. The number of carbonyl (C=O) groups is 1. The van der Waals surface area contributed by atoms with Gasteiger partial charge in [-0.2, -0.15) is 0 Å². The summed E-state index contributed by atoms with van der Waals surface area (Å²) >= 11 is 0. The molecule has 8 heteroatoms. The second kappa shape index (κ2) is 8.85. The predicted molar refractivity (Wildman–Crippen MR) is 103 cm³/mol. The summed E-state index contributed by atoms with van der Waals surface area (Å²) in [4.78, 5) is 24.3. The Labute approximate surface area is 158 Å². The van der Waals surface area contributed by atoms with E-state index in [0.717, 1.165) is 17.5 Å². The Balaban J connectivity index is 1.83. The van der Waals surface area contributed by atoms with Crippen molar-refractivity contribution in [3.8, 4) is 5.75 Å². The van der Waals surface area contributed by atoms with Crippen LogP contribution in [0, 0.1) is 6.92 Å². The first kappa shape index (κ1) is 20.7. The second-order valence-corrected chi connectivity index (χ2v) is 8.31. The molecule has 0 spiro atoms. The quantitative estimate of drug-likeness (QED) is 0.731. The highest BCUT2D eigenvalue weighted by molar-refractivity contribution is 7.90. The Morgan fingerprint density at radius 3 is 2.41 bits per heavy atom. The zero-order valence-electron chi connectivity index (χ0n) is 15.7. The van der Waals surface area contributed by atoms with Crippen molar-refractivity contribution >= 4 is 15.7 Å². The summed E-state index contributed by atoms with van der Waals surface area (Å²) < 4.78 is 29.5. The summed E-state index contributed by atoms with van der Waals surface area (Å²) in [5.74, 6) is 0.390. The average molecular weight is 392 g/mol. The van der Waals surface area contributed by atoms with E-state index in [1.165, 1.54) is 13.2 Å². The highest BCUT2D eigenvalue weighted by Gasteiger charge is 2.08. The summed E-state index contributed by atoms with van der Waals surface area (Å²) in [6, 6.07) is 9.69. The van der Waals surface area contributed by atoms with Gasteiger partial charge in [0.15, 0.2) is 9.84 Å². The zero-order valence-corrected chi connectivity index (χ0v) is 16.5. The summed E-state index contributed by atoms with van der Waals surface area (Å²) in [5.41, 5.74) is 1.48. The van der Waals surface area contributed by atoms with Gasteiger partial charge in [-0.25, -0.2) is 8.42 Å². The molecule has 0 radical (unpaired) electrons. The van der Waals surface area contributed by atoms with Crippen LogP contribution in [0.4, 0.5) is 0 Å². The minimum atomic E-state index is -3.22. The average Bonchev–Trinajstić information content (AvgIpc) is 2.61. The monoisotopic (exact) mass is 392 g/mol. The number of benzene rings is 1. The van der Waals surface area contributed by atoms with Crippen molar-refractivity contribution in [3.05, 3.63) is 58.0 Å². The lowest BCUT2D eigenvalue weighted by Gasteiger charge is -2.12. The fourth-order valence-electron chi connectivity index (χ4n) is 2.66. The fraction of sp³-hybridized carbons (Fsp3) is 0.368. The molecule has 1 N–H and O–H groups in total. The normalized spacial score (nSPS) is 11.2. The molecule has 0 aliphatic heterocycles. The summed E-state index contributed by atoms with van der Waals surface area (Å²) in [6.45, 7) is 2.54. The third kappa shape index (κ3) is 5.96. The topological polar surface area (TPSA) is 94.5 Å². The molecule has 0 unspecified atom stereocenters. The molecule has 2 rings (SSSR count). The van der Waals surface area contributed by atoms with Crippen LogP contribution in [0.15, 0.2) is 46.1 Å². The first-order valence-corrected chi connectivity index (χ1v) is 10.4. The molecule has 0 saturated heterocycles. The van der Waals surface area contributed by atoms with Gasteiger partial charge in [0.1, 0.15) is 5.75 Å². The molecule has 146 valence electrons. The van der Waals surface area contributed by atoms with Crippen molar-refractivity contribution in [2.45, 2.75) is 31.2 Å². The highest BCUT2D eigenvalue weighted by Crippen LogP contribution is 2.12. The van der Waals surface area contributed by atoms with Gasteiger partial charge in [0.25, 0.3) is 5.56 Å². The van der Waals surface area contributed by atoms with Gasteiger partial charge in [0, 0.05) is 37.5 Å². The molecule has 1 aromatic heterocycles. The smallest absolute Gasteiger partial charge is 0.254 e. The third-order valence-corrected chi connectivity index (χ3v) is 5.32. The van der Waals surface area contributed by atoms with E-state index in [2.05, 4.69) is 5.32 Å². The number of pyridine rings is 1. The first-order chi connectivity index (χ1) is 12.7. The van der Waals surface area contributed by atoms with Crippen LogP contribution in [-0.4, -0.2) is 38.8 Å². The third-order valence-electron chi connectivity index (χ3n) is 4.19. The number of aryl methyl sites for hydroxylation is 2. The number of nitrogens with zero attached hydrogens (tertiary/aromatic N) is 1. The maximum absolute atomic E-state index is 12.0. The number of sulfone groups is 1. The van der Waals surface area contributed by atoms with E-state index in [9.17, 15) is 18.0 Å². The lowest BCUT2D eigenvalue weighted by atomic mass is 10.1. The summed E-state index contributed by atoms with van der Waals surface area (Å²) in [7, 11) is -1.71. The molecule has 27 heavy (non-hydrogen) atoms. The Kier molecular flexibility index (Phi) is 6.79. The van der Waals surface area contributed by atoms with Gasteiger partial charge < -0.3 is 14.6 Å². The number of ether oxygens (including phenoxy) is 1. The van der Waals surface area contributed by atoms with Gasteiger partial charge in [-0.15, -0.1) is 0 Å². The molecule has 0 aliphatic carbocycles. The van der Waals surface area contributed by atoms with Crippen LogP contribution in [0.2, 0.25) is 0 Å². The molecule has 0 fully saturated rings. The molecule has 2 aromatic rings. The van der Waals surface area contributed by atoms with Gasteiger partial charge in [-0.05, 0) is 37.1 Å². The maximum atomic E-state index is 12.0. The second-order valence-electron chi connectivity index (χ2n) is 6.29. The van der Waals surface area contributed by atoms with Crippen LogP contribution in [0.5, 0.6) is 5.75 Å². The first-order valence-electron chi connectivity index (χ1n) is 8.52. The maximum Gasteiger partial charge on any atom is 0.254 e. The van der Waals surface area contributed by atoms with Crippen molar-refractivity contribution in [2.75, 3.05) is 19.9 Å². The largest absolute Gasteiger partial charge is 0.496 e. The number of methoxy groups -OCH3 is 1. The lowest BCUT2D eigenvalue weighted by molar-refractivity contribution is -0.121. The summed E-state index contributed by atoms with van der Waals surface area (Å²) in [5, 5.41) is 2.79. The summed E-state index contributed by atoms with van der Waals surface area (Å²) in [6.07, 6.45) is 1.96. The van der Waals surface area contributed by atoms with Gasteiger partial charge >= 0.3 is 0 Å². The minimum Gasteiger partial charge on any atom is -0.496 e. The molecule has 1 aromatic carbocycles. The fourth-order valence-corrected chi connectivity index (χ4v) is 3.29. The number of amides is 1. The van der Waals surface area contributed by atoms with Crippen LogP contribution in [0.3, 0.4) is 0 Å². The molecule has 1 heterocycles. The number of hydrogen-bond donors (Lipinski definition) is 1. The van der Waals surface area contributed by atoms with E-state index in [4.69, 9.17) is 4.74 Å². The van der Waals surface area contributed by atoms with Crippen LogP contribution >= 0.6 is 0 Å². The van der Waals surface area contributed by atoms with Gasteiger partial charge in [0.2, 0.25) is 5.91 Å². The predicted octanol–water partition coefficient (Wildman–Crippen LogP) is 1.32. The molecule has 1 amide bonds. The molecule has 0 saturated carbocycles. The van der Waals surface area contributed by atoms with E-state index in [1.54, 1.807) is 34.9 Å². The van der Waals surface area contributed by atoms with Gasteiger partial charge in [-0.1, -0.05) is 12.1 Å². The number of carbonyl (C=O) groups excluding carboxylic acids is 1. The highest BCUT2D eigenvalue weighted by atomic mass is 32.2. The van der Waals surface area contributed by atoms with Crippen LogP contribution in [0.1, 0.15) is 17.7 Å². The van der Waals surface area contributed by atoms with Gasteiger partial charge in [0.05, 0.1) is 12.0 Å². The standard InChI is InChI=1S/C19H24N2O5S/c1-14-12-16(26-2)13-19(23)21(14)11-10-20-18(22)9-6-15-4-7-17(8-5-15)27(3,24)25/h4-5,7-8,12-13H,6,9-11H2,1-3H3,(H,20,22). The molecular formula is C19H24N2O5S. The minimum absolute atomic E-state index is 0.124. The van der Waals surface area contributed by atoms with Crippen LogP contribution in [0.25, 0.3) is 0 Å². The Hall–Kier alpha value is -2.61. The van der Waals surface area contributed by atoms with E-state index >= 15 is 0 Å². The Morgan fingerprint density at radius 1 is 1.19 bits per heavy atom. The number of rotatable bonds is 8. The molecule has 0 bridgehead atoms. The molecule has 0 aliphatic rings. The van der Waals surface area contributed by atoms with E-state index in [1.807, 2.05) is 6.92 Å². The Morgan fingerprint density at radius 2 is 1.85 bits per heavy atom. The lowest BCUT2D eigenvalue weighted by Crippen LogP contribution is -2.31. The molecular weight excluding hydrogens is 368 g/mol. The molecule has 0 atom stereocenters. The van der Waals surface area contributed by atoms with E-state index in [-0.39, 0.29) is 22.8 Å². The van der Waals surface area contributed by atoms with Crippen LogP contribution in [-0.2, 0) is 27.6 Å². The van der Waals surface area contributed by atoms with Crippen molar-refractivity contribution < 1.29 is 17.9 Å². The number of hydrogen-bond acceptors (Lipinski definition) is 5. The van der Waals surface area contributed by atoms with Crippen molar-refractivity contribution in [1.29, 1.82) is 0 Å². The van der Waals surface area contributed by atoms with Gasteiger partial charge in [-0.3, -0.25) is 9.59 Å². The van der Waals surface area contributed by atoms with E-state index < -0.39 is 9.84 Å². The SMILES string of the molecule is COc1cc(C)n(CCNC(=O)CCc2ccc(S(C)(=O)=O)cc2)c(=O)c1. The van der Waals surface area contributed by atoms with Crippen molar-refractivity contribution in [1.82, 2.24) is 9.88 Å². The van der Waals surface area contributed by atoms with Crippen LogP contribution < -0.4 is 15.6 Å². The van der Waals surface area contributed by atoms with E-state index in [0.29, 0.717) is 25.3 Å². The van der Waals surface area contributed by atoms with Crippen molar-refractivity contribution in [3.63, 3.8) is 0 Å². The number of aromatic nitrogens is 1.